The van der Waals surface area contributed by atoms with E-state index in [-0.39, 0.29) is 25.4 Å². The normalized spacial score (nSPS) is 10.2. The molecule has 0 bridgehead atoms. The van der Waals surface area contributed by atoms with E-state index in [1.54, 1.807) is 13.0 Å². The Morgan fingerprint density at radius 1 is 1.05 bits per heavy atom. The molecule has 0 aromatic heterocycles. The zero-order valence-corrected chi connectivity index (χ0v) is 11.3. The van der Waals surface area contributed by atoms with Gasteiger partial charge in [-0.2, -0.15) is 0 Å². The van der Waals surface area contributed by atoms with Crippen molar-refractivity contribution in [3.8, 4) is 5.75 Å². The SMILES string of the molecule is CCOC(=O)CC(=O)COc1cccc2ccccc12. The van der Waals surface area contributed by atoms with Crippen molar-refractivity contribution < 1.29 is 19.1 Å². The first kappa shape index (κ1) is 14.1. The van der Waals surface area contributed by atoms with E-state index in [4.69, 9.17) is 9.47 Å². The Bertz CT molecular complexity index is 613. The van der Waals surface area contributed by atoms with Gasteiger partial charge < -0.3 is 9.47 Å². The topological polar surface area (TPSA) is 52.6 Å². The van der Waals surface area contributed by atoms with Gasteiger partial charge in [-0.25, -0.2) is 0 Å². The molecule has 0 N–H and O–H groups in total. The molecule has 0 amide bonds. The van der Waals surface area contributed by atoms with Crippen LogP contribution in [0.1, 0.15) is 13.3 Å². The molecular weight excluding hydrogens is 256 g/mol. The number of hydrogen-bond acceptors (Lipinski definition) is 4. The van der Waals surface area contributed by atoms with E-state index >= 15 is 0 Å². The van der Waals surface area contributed by atoms with Gasteiger partial charge in [0.2, 0.25) is 0 Å². The average molecular weight is 272 g/mol. The fraction of sp³-hybridized carbons (Fsp3) is 0.250. The lowest BCUT2D eigenvalue weighted by molar-refractivity contribution is -0.145. The van der Waals surface area contributed by atoms with Gasteiger partial charge in [0.15, 0.2) is 5.78 Å². The largest absolute Gasteiger partial charge is 0.485 e. The van der Waals surface area contributed by atoms with E-state index in [9.17, 15) is 9.59 Å². The standard InChI is InChI=1S/C16H16O4/c1-2-19-16(18)10-13(17)11-20-15-9-5-7-12-6-3-4-8-14(12)15/h3-9H,2,10-11H2,1H3. The van der Waals surface area contributed by atoms with Gasteiger partial charge in [-0.15, -0.1) is 0 Å². The van der Waals surface area contributed by atoms with Crippen LogP contribution in [0, 0.1) is 0 Å². The Hall–Kier alpha value is -2.36. The number of ether oxygens (including phenoxy) is 2. The van der Waals surface area contributed by atoms with Crippen molar-refractivity contribution in [3.63, 3.8) is 0 Å². The summed E-state index contributed by atoms with van der Waals surface area (Å²) in [6.07, 6.45) is -0.251. The molecule has 2 aromatic rings. The molecule has 0 spiro atoms. The van der Waals surface area contributed by atoms with E-state index < -0.39 is 5.97 Å². The van der Waals surface area contributed by atoms with Crippen molar-refractivity contribution in [2.24, 2.45) is 0 Å². The number of esters is 1. The molecule has 0 atom stereocenters. The number of hydrogen-bond donors (Lipinski definition) is 0. The van der Waals surface area contributed by atoms with Crippen molar-refractivity contribution in [1.29, 1.82) is 0 Å². The minimum absolute atomic E-state index is 0.132. The van der Waals surface area contributed by atoms with E-state index in [1.807, 2.05) is 36.4 Å². The Balaban J connectivity index is 1.99. The molecule has 0 aliphatic rings. The first-order chi connectivity index (χ1) is 9.70. The van der Waals surface area contributed by atoms with Crippen molar-refractivity contribution in [2.45, 2.75) is 13.3 Å². The molecule has 0 radical (unpaired) electrons. The van der Waals surface area contributed by atoms with Crippen LogP contribution >= 0.6 is 0 Å². The molecular formula is C16H16O4. The number of benzene rings is 2. The van der Waals surface area contributed by atoms with Gasteiger partial charge in [-0.1, -0.05) is 36.4 Å². The zero-order chi connectivity index (χ0) is 14.4. The Morgan fingerprint density at radius 3 is 2.60 bits per heavy atom. The highest BCUT2D eigenvalue weighted by molar-refractivity contribution is 5.96. The van der Waals surface area contributed by atoms with Gasteiger partial charge in [0.05, 0.1) is 6.61 Å². The van der Waals surface area contributed by atoms with Gasteiger partial charge in [0.1, 0.15) is 18.8 Å². The van der Waals surface area contributed by atoms with Gasteiger partial charge in [-0.3, -0.25) is 9.59 Å². The second kappa shape index (κ2) is 6.70. The van der Waals surface area contributed by atoms with Crippen LogP contribution in [0.4, 0.5) is 0 Å². The highest BCUT2D eigenvalue weighted by Gasteiger charge is 2.11. The van der Waals surface area contributed by atoms with Crippen LogP contribution in [0.25, 0.3) is 10.8 Å². The number of rotatable bonds is 6. The summed E-state index contributed by atoms with van der Waals surface area (Å²) in [6, 6.07) is 13.4. The third kappa shape index (κ3) is 3.57. The number of ketones is 1. The minimum Gasteiger partial charge on any atom is -0.485 e. The Morgan fingerprint density at radius 2 is 1.80 bits per heavy atom. The molecule has 20 heavy (non-hydrogen) atoms. The predicted molar refractivity (Wildman–Crippen MR) is 75.7 cm³/mol. The molecule has 2 aromatic carbocycles. The summed E-state index contributed by atoms with van der Waals surface area (Å²) in [6.45, 7) is 1.85. The quantitative estimate of drug-likeness (QED) is 0.599. The fourth-order valence-electron chi connectivity index (χ4n) is 1.90. The number of carbonyl (C=O) groups is 2. The van der Waals surface area contributed by atoms with Crippen LogP contribution < -0.4 is 4.74 Å². The minimum atomic E-state index is -0.515. The molecule has 104 valence electrons. The van der Waals surface area contributed by atoms with E-state index in [0.717, 1.165) is 10.8 Å². The van der Waals surface area contributed by atoms with Gasteiger partial charge in [0, 0.05) is 5.39 Å². The molecule has 0 saturated carbocycles. The van der Waals surface area contributed by atoms with Crippen LogP contribution in [0.5, 0.6) is 5.75 Å². The summed E-state index contributed by atoms with van der Waals surface area (Å²) in [4.78, 5) is 22.8. The molecule has 4 heteroatoms. The molecule has 0 heterocycles. The second-order valence-electron chi connectivity index (χ2n) is 4.29. The van der Waals surface area contributed by atoms with E-state index in [0.29, 0.717) is 5.75 Å². The molecule has 0 fully saturated rings. The molecule has 2 rings (SSSR count). The average Bonchev–Trinajstić information content (AvgIpc) is 2.45. The van der Waals surface area contributed by atoms with Crippen LogP contribution in [-0.2, 0) is 14.3 Å². The molecule has 0 saturated heterocycles. The summed E-state index contributed by atoms with van der Waals surface area (Å²) >= 11 is 0. The highest BCUT2D eigenvalue weighted by Crippen LogP contribution is 2.25. The second-order valence-corrected chi connectivity index (χ2v) is 4.29. The first-order valence-corrected chi connectivity index (χ1v) is 6.48. The summed E-state index contributed by atoms with van der Waals surface area (Å²) in [5.74, 6) is -0.171. The van der Waals surface area contributed by atoms with Crippen molar-refractivity contribution in [2.75, 3.05) is 13.2 Å². The summed E-state index contributed by atoms with van der Waals surface area (Å²) in [5, 5.41) is 1.99. The zero-order valence-electron chi connectivity index (χ0n) is 11.3. The lowest BCUT2D eigenvalue weighted by atomic mass is 10.1. The highest BCUT2D eigenvalue weighted by atomic mass is 16.5. The van der Waals surface area contributed by atoms with Crippen LogP contribution in [0.2, 0.25) is 0 Å². The summed E-state index contributed by atoms with van der Waals surface area (Å²) in [7, 11) is 0. The third-order valence-corrected chi connectivity index (χ3v) is 2.79. The van der Waals surface area contributed by atoms with Gasteiger partial charge in [-0.05, 0) is 18.4 Å². The first-order valence-electron chi connectivity index (χ1n) is 6.48. The summed E-state index contributed by atoms with van der Waals surface area (Å²) in [5.41, 5.74) is 0. The number of fused-ring (bicyclic) bond motifs is 1. The lowest BCUT2D eigenvalue weighted by Crippen LogP contribution is -2.17. The monoisotopic (exact) mass is 272 g/mol. The predicted octanol–water partition coefficient (Wildman–Crippen LogP) is 2.74. The molecule has 4 nitrogen and oxygen atoms in total. The van der Waals surface area contributed by atoms with Crippen LogP contribution in [0.15, 0.2) is 42.5 Å². The molecule has 0 unspecified atom stereocenters. The van der Waals surface area contributed by atoms with Crippen LogP contribution in [0.3, 0.4) is 0 Å². The van der Waals surface area contributed by atoms with Crippen molar-refractivity contribution in [1.82, 2.24) is 0 Å². The van der Waals surface area contributed by atoms with Crippen molar-refractivity contribution in [3.05, 3.63) is 42.5 Å². The fourth-order valence-corrected chi connectivity index (χ4v) is 1.90. The van der Waals surface area contributed by atoms with Crippen LogP contribution in [-0.4, -0.2) is 25.0 Å². The van der Waals surface area contributed by atoms with Gasteiger partial charge in [0.25, 0.3) is 0 Å². The Labute approximate surface area is 117 Å². The van der Waals surface area contributed by atoms with E-state index in [2.05, 4.69) is 0 Å². The third-order valence-electron chi connectivity index (χ3n) is 2.79. The maximum absolute atomic E-state index is 11.6. The van der Waals surface area contributed by atoms with Gasteiger partial charge >= 0.3 is 5.97 Å². The van der Waals surface area contributed by atoms with E-state index in [1.165, 1.54) is 0 Å². The molecule has 0 aliphatic carbocycles. The summed E-state index contributed by atoms with van der Waals surface area (Å²) < 4.78 is 10.2. The Kier molecular flexibility index (Phi) is 4.71. The lowest BCUT2D eigenvalue weighted by Gasteiger charge is -2.08. The number of Topliss-reactive ketones (excluding diaryl/α,β-unsaturated/α-hetero) is 1. The molecule has 0 aliphatic heterocycles. The van der Waals surface area contributed by atoms with Crippen molar-refractivity contribution >= 4 is 22.5 Å². The number of carbonyl (C=O) groups excluding carboxylic acids is 2. The smallest absolute Gasteiger partial charge is 0.313 e. The maximum Gasteiger partial charge on any atom is 0.313 e. The maximum atomic E-state index is 11.6.